The Bertz CT molecular complexity index is 508. The van der Waals surface area contributed by atoms with Crippen LogP contribution in [0.25, 0.3) is 0 Å². The Morgan fingerprint density at radius 1 is 1.37 bits per heavy atom. The van der Waals surface area contributed by atoms with Crippen molar-refractivity contribution in [3.8, 4) is 0 Å². The maximum Gasteiger partial charge on any atom is 0.219 e. The highest BCUT2D eigenvalue weighted by Crippen LogP contribution is 2.27. The van der Waals surface area contributed by atoms with Crippen LogP contribution in [0.3, 0.4) is 0 Å². The third-order valence-corrected chi connectivity index (χ3v) is 6.29. The van der Waals surface area contributed by atoms with Gasteiger partial charge in [0.05, 0.1) is 12.9 Å². The zero-order valence-electron chi connectivity index (χ0n) is 10.8. The Balaban J connectivity index is 1.75. The van der Waals surface area contributed by atoms with Crippen molar-refractivity contribution >= 4 is 10.0 Å². The van der Waals surface area contributed by atoms with Crippen LogP contribution >= 0.6 is 0 Å². The number of hydrogen-bond acceptors (Lipinski definition) is 4. The molecule has 2 saturated heterocycles. The smallest absolute Gasteiger partial charge is 0.219 e. The molecular weight excluding hydrogens is 266 g/mol. The van der Waals surface area contributed by atoms with Gasteiger partial charge in [0, 0.05) is 38.1 Å². The number of hydrogen-bond donors (Lipinski definition) is 0. The second-order valence-electron chi connectivity index (χ2n) is 5.20. The quantitative estimate of drug-likeness (QED) is 0.806. The van der Waals surface area contributed by atoms with Gasteiger partial charge in [-0.15, -0.1) is 0 Å². The van der Waals surface area contributed by atoms with Gasteiger partial charge < -0.3 is 9.30 Å². The lowest BCUT2D eigenvalue weighted by Crippen LogP contribution is -2.43. The minimum Gasteiger partial charge on any atom is -0.380 e. The van der Waals surface area contributed by atoms with E-state index in [0.717, 1.165) is 12.8 Å². The number of rotatable bonds is 4. The summed E-state index contributed by atoms with van der Waals surface area (Å²) in [7, 11) is -3.22. The van der Waals surface area contributed by atoms with E-state index in [2.05, 4.69) is 4.98 Å². The van der Waals surface area contributed by atoms with Gasteiger partial charge in [-0.3, -0.25) is 0 Å². The van der Waals surface area contributed by atoms with E-state index in [1.165, 1.54) is 0 Å². The monoisotopic (exact) mass is 285 g/mol. The number of sulfonamides is 1. The second kappa shape index (κ2) is 5.22. The van der Waals surface area contributed by atoms with Crippen molar-refractivity contribution in [2.75, 3.05) is 19.8 Å². The number of imidazole rings is 1. The van der Waals surface area contributed by atoms with Gasteiger partial charge in [0.25, 0.3) is 0 Å². The third kappa shape index (κ3) is 2.54. The summed E-state index contributed by atoms with van der Waals surface area (Å²) in [4.78, 5) is 4.00. The Morgan fingerprint density at radius 3 is 2.95 bits per heavy atom. The molecule has 0 N–H and O–H groups in total. The fraction of sp³-hybridized carbons (Fsp3) is 0.750. The van der Waals surface area contributed by atoms with Crippen LogP contribution < -0.4 is 0 Å². The molecule has 2 aliphatic rings. The average molecular weight is 285 g/mol. The van der Waals surface area contributed by atoms with Crippen molar-refractivity contribution in [2.45, 2.75) is 37.1 Å². The number of ether oxygens (including phenoxy) is 1. The van der Waals surface area contributed by atoms with Crippen LogP contribution in [0.5, 0.6) is 0 Å². The molecule has 0 aromatic carbocycles. The van der Waals surface area contributed by atoms with Gasteiger partial charge in [0.15, 0.2) is 0 Å². The van der Waals surface area contributed by atoms with Crippen molar-refractivity contribution < 1.29 is 13.2 Å². The molecule has 2 unspecified atom stereocenters. The van der Waals surface area contributed by atoms with Gasteiger partial charge in [-0.05, 0) is 19.3 Å². The molecule has 2 atom stereocenters. The molecule has 7 heteroatoms. The predicted octanol–water partition coefficient (Wildman–Crippen LogP) is 0.466. The molecule has 19 heavy (non-hydrogen) atoms. The topological polar surface area (TPSA) is 64.4 Å². The van der Waals surface area contributed by atoms with Crippen molar-refractivity contribution in [3.05, 3.63) is 18.7 Å². The summed E-state index contributed by atoms with van der Waals surface area (Å²) in [5.41, 5.74) is 0. The molecule has 3 rings (SSSR count). The van der Waals surface area contributed by atoms with E-state index in [9.17, 15) is 8.42 Å². The molecule has 0 aliphatic carbocycles. The van der Waals surface area contributed by atoms with Crippen LogP contribution in [0.4, 0.5) is 0 Å². The van der Waals surface area contributed by atoms with Gasteiger partial charge in [0.1, 0.15) is 5.25 Å². The maximum absolute atomic E-state index is 12.6. The number of nitrogens with zero attached hydrogens (tertiary/aromatic N) is 3. The standard InChI is InChI=1S/C12H19N3O3S/c16-19(17,12-3-7-18-9-12)15-5-1-2-11(15)8-14-6-4-13-10-14/h4,6,10-12H,1-3,5,7-9H2. The molecule has 106 valence electrons. The Hall–Kier alpha value is -0.920. The molecule has 1 aromatic heterocycles. The normalized spacial score (nSPS) is 29.1. The molecule has 0 bridgehead atoms. The largest absolute Gasteiger partial charge is 0.380 e. The van der Waals surface area contributed by atoms with Crippen LogP contribution in [0, 0.1) is 0 Å². The highest BCUT2D eigenvalue weighted by molar-refractivity contribution is 7.89. The van der Waals surface area contributed by atoms with Gasteiger partial charge in [-0.2, -0.15) is 4.31 Å². The van der Waals surface area contributed by atoms with E-state index in [4.69, 9.17) is 4.74 Å². The van der Waals surface area contributed by atoms with E-state index in [0.29, 0.717) is 32.7 Å². The summed E-state index contributed by atoms with van der Waals surface area (Å²) in [6.45, 7) is 2.23. The van der Waals surface area contributed by atoms with Crippen LogP contribution in [0.1, 0.15) is 19.3 Å². The van der Waals surface area contributed by atoms with Crippen molar-refractivity contribution in [1.29, 1.82) is 0 Å². The van der Waals surface area contributed by atoms with E-state index >= 15 is 0 Å². The molecule has 0 radical (unpaired) electrons. The van der Waals surface area contributed by atoms with Crippen LogP contribution in [-0.4, -0.2) is 53.3 Å². The van der Waals surface area contributed by atoms with Crippen molar-refractivity contribution in [1.82, 2.24) is 13.9 Å². The molecule has 2 fully saturated rings. The SMILES string of the molecule is O=S(=O)(C1CCOC1)N1CCCC1Cn1ccnc1. The molecule has 0 amide bonds. The Kier molecular flexibility index (Phi) is 3.60. The minimum absolute atomic E-state index is 0.0554. The summed E-state index contributed by atoms with van der Waals surface area (Å²) >= 11 is 0. The van der Waals surface area contributed by atoms with E-state index < -0.39 is 10.0 Å². The number of aromatic nitrogens is 2. The zero-order valence-corrected chi connectivity index (χ0v) is 11.6. The van der Waals surface area contributed by atoms with Crippen molar-refractivity contribution in [3.63, 3.8) is 0 Å². The zero-order chi connectivity index (χ0) is 13.3. The fourth-order valence-electron chi connectivity index (χ4n) is 2.90. The van der Waals surface area contributed by atoms with E-state index in [-0.39, 0.29) is 11.3 Å². The summed E-state index contributed by atoms with van der Waals surface area (Å²) in [5, 5.41) is -0.351. The molecular formula is C12H19N3O3S. The lowest BCUT2D eigenvalue weighted by atomic mass is 10.2. The maximum atomic E-state index is 12.6. The lowest BCUT2D eigenvalue weighted by Gasteiger charge is -2.26. The van der Waals surface area contributed by atoms with Gasteiger partial charge in [-0.1, -0.05) is 0 Å². The van der Waals surface area contributed by atoms with E-state index in [1.807, 2.05) is 10.8 Å². The predicted molar refractivity (Wildman–Crippen MR) is 70.1 cm³/mol. The molecule has 1 aromatic rings. The van der Waals surface area contributed by atoms with Gasteiger partial charge >= 0.3 is 0 Å². The second-order valence-corrected chi connectivity index (χ2v) is 7.36. The van der Waals surface area contributed by atoms with Gasteiger partial charge in [-0.25, -0.2) is 13.4 Å². The molecule has 2 aliphatic heterocycles. The third-order valence-electron chi connectivity index (χ3n) is 3.94. The van der Waals surface area contributed by atoms with Crippen molar-refractivity contribution in [2.24, 2.45) is 0 Å². The van der Waals surface area contributed by atoms with Gasteiger partial charge in [0.2, 0.25) is 10.0 Å². The van der Waals surface area contributed by atoms with Crippen LogP contribution in [0.15, 0.2) is 18.7 Å². The molecule has 3 heterocycles. The first kappa shape index (κ1) is 13.1. The van der Waals surface area contributed by atoms with Crippen LogP contribution in [-0.2, 0) is 21.3 Å². The summed E-state index contributed by atoms with van der Waals surface area (Å²) in [6.07, 6.45) is 7.82. The minimum atomic E-state index is -3.22. The molecule has 0 saturated carbocycles. The lowest BCUT2D eigenvalue weighted by molar-refractivity contribution is 0.197. The van der Waals surface area contributed by atoms with Crippen LogP contribution in [0.2, 0.25) is 0 Å². The summed E-state index contributed by atoms with van der Waals surface area (Å²) < 4.78 is 34.0. The molecule has 0 spiro atoms. The first-order valence-corrected chi connectivity index (χ1v) is 8.22. The average Bonchev–Trinajstić information content (AvgIpc) is 3.12. The summed E-state index contributed by atoms with van der Waals surface area (Å²) in [6, 6.07) is 0.0554. The first-order chi connectivity index (χ1) is 9.18. The highest BCUT2D eigenvalue weighted by atomic mass is 32.2. The fourth-order valence-corrected chi connectivity index (χ4v) is 4.92. The Labute approximate surface area is 113 Å². The highest BCUT2D eigenvalue weighted by Gasteiger charge is 2.40. The first-order valence-electron chi connectivity index (χ1n) is 6.72. The summed E-state index contributed by atoms with van der Waals surface area (Å²) in [5.74, 6) is 0. The van der Waals surface area contributed by atoms with E-state index in [1.54, 1.807) is 16.8 Å². The molecule has 6 nitrogen and oxygen atoms in total. The Morgan fingerprint density at radius 2 is 2.26 bits per heavy atom.